The standard InChI is InChI=1S/C12H21NO2S2/c1-8-7-10(9(2)16-8)11(13-5)12(3,4)17(6,14)15/h7,11,13H,1-6H3. The second-order valence-corrected chi connectivity index (χ2v) is 9.02. The highest BCUT2D eigenvalue weighted by molar-refractivity contribution is 7.92. The summed E-state index contributed by atoms with van der Waals surface area (Å²) in [5.41, 5.74) is 1.09. The molecular weight excluding hydrogens is 254 g/mol. The van der Waals surface area contributed by atoms with Gasteiger partial charge in [-0.2, -0.15) is 0 Å². The minimum absolute atomic E-state index is 0.178. The molecule has 0 amide bonds. The maximum Gasteiger partial charge on any atom is 0.154 e. The predicted octanol–water partition coefficient (Wildman–Crippen LogP) is 2.45. The minimum atomic E-state index is -3.13. The Morgan fingerprint density at radius 3 is 2.18 bits per heavy atom. The Bertz CT molecular complexity index is 501. The lowest BCUT2D eigenvalue weighted by molar-refractivity contribution is 0.446. The quantitative estimate of drug-likeness (QED) is 0.918. The summed E-state index contributed by atoms with van der Waals surface area (Å²) in [6.45, 7) is 7.63. The van der Waals surface area contributed by atoms with Crippen LogP contribution in [-0.4, -0.2) is 26.5 Å². The second kappa shape index (κ2) is 4.71. The third-order valence-electron chi connectivity index (χ3n) is 3.33. The van der Waals surface area contributed by atoms with E-state index in [0.29, 0.717) is 0 Å². The van der Waals surface area contributed by atoms with Crippen molar-refractivity contribution in [1.29, 1.82) is 0 Å². The zero-order chi connectivity index (χ0) is 13.4. The number of thiophene rings is 1. The van der Waals surface area contributed by atoms with Crippen molar-refractivity contribution in [2.75, 3.05) is 13.3 Å². The first kappa shape index (κ1) is 14.7. The van der Waals surface area contributed by atoms with Gasteiger partial charge in [-0.25, -0.2) is 8.42 Å². The summed E-state index contributed by atoms with van der Waals surface area (Å²) in [7, 11) is -1.32. The molecule has 0 radical (unpaired) electrons. The van der Waals surface area contributed by atoms with E-state index >= 15 is 0 Å². The minimum Gasteiger partial charge on any atom is -0.312 e. The van der Waals surface area contributed by atoms with E-state index in [1.54, 1.807) is 25.2 Å². The number of nitrogens with one attached hydrogen (secondary N) is 1. The Morgan fingerprint density at radius 1 is 1.35 bits per heavy atom. The molecule has 5 heteroatoms. The van der Waals surface area contributed by atoms with E-state index in [9.17, 15) is 8.42 Å². The number of sulfone groups is 1. The van der Waals surface area contributed by atoms with Gasteiger partial charge < -0.3 is 5.32 Å². The molecule has 1 aromatic heterocycles. The Hall–Kier alpha value is -0.390. The number of hydrogen-bond donors (Lipinski definition) is 1. The molecule has 0 saturated carbocycles. The first-order valence-electron chi connectivity index (χ1n) is 5.55. The smallest absolute Gasteiger partial charge is 0.154 e. The van der Waals surface area contributed by atoms with Crippen LogP contribution in [0.25, 0.3) is 0 Å². The second-order valence-electron chi connectivity index (χ2n) is 4.97. The van der Waals surface area contributed by atoms with E-state index in [2.05, 4.69) is 11.4 Å². The zero-order valence-electron chi connectivity index (χ0n) is 11.3. The molecule has 0 saturated heterocycles. The maximum absolute atomic E-state index is 11.9. The monoisotopic (exact) mass is 275 g/mol. The third kappa shape index (κ3) is 2.72. The van der Waals surface area contributed by atoms with Crippen molar-refractivity contribution in [2.45, 2.75) is 38.5 Å². The summed E-state index contributed by atoms with van der Waals surface area (Å²) < 4.78 is 23.0. The van der Waals surface area contributed by atoms with Crippen molar-refractivity contribution in [3.63, 3.8) is 0 Å². The Labute approximate surface area is 108 Å². The van der Waals surface area contributed by atoms with E-state index in [1.807, 2.05) is 20.9 Å². The average Bonchev–Trinajstić information content (AvgIpc) is 2.44. The molecule has 0 bridgehead atoms. The molecule has 0 aliphatic carbocycles. The third-order valence-corrected chi connectivity index (χ3v) is 6.46. The van der Waals surface area contributed by atoms with Gasteiger partial charge in [0.2, 0.25) is 0 Å². The summed E-state index contributed by atoms with van der Waals surface area (Å²) in [4.78, 5) is 2.39. The molecule has 0 aromatic carbocycles. The van der Waals surface area contributed by atoms with E-state index < -0.39 is 14.6 Å². The highest BCUT2D eigenvalue weighted by Crippen LogP contribution is 2.36. The molecule has 0 aliphatic rings. The van der Waals surface area contributed by atoms with Crippen LogP contribution in [0.1, 0.15) is 35.2 Å². The average molecular weight is 275 g/mol. The van der Waals surface area contributed by atoms with Crippen LogP contribution in [0, 0.1) is 13.8 Å². The molecule has 1 unspecified atom stereocenters. The Kier molecular flexibility index (Phi) is 4.06. The van der Waals surface area contributed by atoms with Crippen molar-refractivity contribution in [2.24, 2.45) is 0 Å². The normalized spacial score (nSPS) is 14.9. The molecule has 0 spiro atoms. The fourth-order valence-electron chi connectivity index (χ4n) is 2.03. The summed E-state index contributed by atoms with van der Waals surface area (Å²) in [5, 5.41) is 3.15. The Balaban J connectivity index is 3.30. The molecule has 3 nitrogen and oxygen atoms in total. The van der Waals surface area contributed by atoms with Crippen LogP contribution in [0.3, 0.4) is 0 Å². The Morgan fingerprint density at radius 2 is 1.88 bits per heavy atom. The van der Waals surface area contributed by atoms with Gasteiger partial charge in [-0.3, -0.25) is 0 Å². The van der Waals surface area contributed by atoms with E-state index in [1.165, 1.54) is 16.0 Å². The number of rotatable bonds is 4. The van der Waals surface area contributed by atoms with Gasteiger partial charge in [0.25, 0.3) is 0 Å². The lowest BCUT2D eigenvalue weighted by Crippen LogP contribution is -2.43. The highest BCUT2D eigenvalue weighted by atomic mass is 32.2. The van der Waals surface area contributed by atoms with Crippen molar-refractivity contribution in [3.05, 3.63) is 21.4 Å². The molecule has 1 rings (SSSR count). The molecule has 1 heterocycles. The van der Waals surface area contributed by atoms with Gasteiger partial charge in [-0.15, -0.1) is 11.3 Å². The summed E-state index contributed by atoms with van der Waals surface area (Å²) in [6, 6.07) is 1.90. The first-order valence-corrected chi connectivity index (χ1v) is 8.26. The molecule has 1 N–H and O–H groups in total. The molecule has 0 aliphatic heterocycles. The topological polar surface area (TPSA) is 46.2 Å². The summed E-state index contributed by atoms with van der Waals surface area (Å²) in [6.07, 6.45) is 1.30. The summed E-state index contributed by atoms with van der Waals surface area (Å²) >= 11 is 1.70. The molecule has 98 valence electrons. The van der Waals surface area contributed by atoms with Crippen LogP contribution < -0.4 is 5.32 Å². The van der Waals surface area contributed by atoms with E-state index in [4.69, 9.17) is 0 Å². The lowest BCUT2D eigenvalue weighted by atomic mass is 9.95. The van der Waals surface area contributed by atoms with Gasteiger partial charge in [0.1, 0.15) is 0 Å². The number of hydrogen-bond acceptors (Lipinski definition) is 4. The fourth-order valence-corrected chi connectivity index (χ4v) is 3.67. The van der Waals surface area contributed by atoms with Crippen molar-refractivity contribution >= 4 is 21.2 Å². The summed E-state index contributed by atoms with van der Waals surface area (Å²) in [5.74, 6) is 0. The van der Waals surface area contributed by atoms with Gasteiger partial charge in [-0.05, 0) is 46.4 Å². The van der Waals surface area contributed by atoms with E-state index in [-0.39, 0.29) is 6.04 Å². The molecule has 0 fully saturated rings. The molecule has 1 aromatic rings. The van der Waals surface area contributed by atoms with Crippen LogP contribution in [0.2, 0.25) is 0 Å². The van der Waals surface area contributed by atoms with E-state index in [0.717, 1.165) is 5.56 Å². The lowest BCUT2D eigenvalue weighted by Gasteiger charge is -2.32. The molecule has 17 heavy (non-hydrogen) atoms. The maximum atomic E-state index is 11.9. The van der Waals surface area contributed by atoms with Gasteiger partial charge >= 0.3 is 0 Å². The molecular formula is C12H21NO2S2. The van der Waals surface area contributed by atoms with Gasteiger partial charge in [-0.1, -0.05) is 0 Å². The van der Waals surface area contributed by atoms with Crippen LogP contribution in [0.15, 0.2) is 6.07 Å². The SMILES string of the molecule is CNC(c1cc(C)sc1C)C(C)(C)S(C)(=O)=O. The van der Waals surface area contributed by atoms with Crippen molar-refractivity contribution in [3.8, 4) is 0 Å². The van der Waals surface area contributed by atoms with Crippen molar-refractivity contribution in [1.82, 2.24) is 5.32 Å². The van der Waals surface area contributed by atoms with Crippen molar-refractivity contribution < 1.29 is 8.42 Å². The molecule has 1 atom stereocenters. The van der Waals surface area contributed by atoms with Gasteiger partial charge in [0, 0.05) is 16.0 Å². The van der Waals surface area contributed by atoms with Crippen LogP contribution in [0.5, 0.6) is 0 Å². The highest BCUT2D eigenvalue weighted by Gasteiger charge is 2.40. The number of aryl methyl sites for hydroxylation is 2. The van der Waals surface area contributed by atoms with Crippen LogP contribution in [0.4, 0.5) is 0 Å². The predicted molar refractivity (Wildman–Crippen MR) is 74.5 cm³/mol. The largest absolute Gasteiger partial charge is 0.312 e. The zero-order valence-corrected chi connectivity index (χ0v) is 12.9. The van der Waals surface area contributed by atoms with Crippen LogP contribution in [-0.2, 0) is 9.84 Å². The van der Waals surface area contributed by atoms with Gasteiger partial charge in [0.05, 0.1) is 10.8 Å². The van der Waals surface area contributed by atoms with Crippen LogP contribution >= 0.6 is 11.3 Å². The fraction of sp³-hybridized carbons (Fsp3) is 0.667. The van der Waals surface area contributed by atoms with Gasteiger partial charge in [0.15, 0.2) is 9.84 Å². The first-order chi connectivity index (χ1) is 7.61.